The summed E-state index contributed by atoms with van der Waals surface area (Å²) in [6.07, 6.45) is 4.90. The third kappa shape index (κ3) is 4.41. The zero-order valence-corrected chi connectivity index (χ0v) is 16.2. The first-order chi connectivity index (χ1) is 11.5. The van der Waals surface area contributed by atoms with Crippen LogP contribution in [0.5, 0.6) is 5.75 Å². The molecule has 1 aromatic rings. The molecule has 0 radical (unpaired) electrons. The molecule has 1 rings (SSSR count). The van der Waals surface area contributed by atoms with Gasteiger partial charge in [-0.1, -0.05) is 66.3 Å². The van der Waals surface area contributed by atoms with Crippen molar-refractivity contribution in [3.05, 3.63) is 59.7 Å². The van der Waals surface area contributed by atoms with E-state index in [2.05, 4.69) is 41.2 Å². The molecule has 3 nitrogen and oxygen atoms in total. The lowest BCUT2D eigenvalue weighted by molar-refractivity contribution is -0.115. The SMILES string of the molecule is C=C/C=C\C(C(=O)CC)=C(O)c1ccc(C(C)(C)C(C)(C)C)cc1O. The van der Waals surface area contributed by atoms with E-state index in [4.69, 9.17) is 0 Å². The number of ketones is 1. The Morgan fingerprint density at radius 2 is 1.80 bits per heavy atom. The molecule has 3 heteroatoms. The zero-order valence-electron chi connectivity index (χ0n) is 16.2. The molecular formula is C22H30O3. The Morgan fingerprint density at radius 3 is 2.24 bits per heavy atom. The quantitative estimate of drug-likeness (QED) is 0.396. The van der Waals surface area contributed by atoms with E-state index in [1.54, 1.807) is 25.1 Å². The number of allylic oxidation sites excluding steroid dienone is 4. The molecule has 0 bridgehead atoms. The maximum absolute atomic E-state index is 12.1. The van der Waals surface area contributed by atoms with Gasteiger partial charge >= 0.3 is 0 Å². The molecule has 0 unspecified atom stereocenters. The molecule has 2 N–H and O–H groups in total. The molecule has 0 aromatic heterocycles. The molecule has 0 amide bonds. The van der Waals surface area contributed by atoms with Crippen molar-refractivity contribution in [1.82, 2.24) is 0 Å². The van der Waals surface area contributed by atoms with Crippen LogP contribution in [0.3, 0.4) is 0 Å². The molecule has 0 heterocycles. The maximum atomic E-state index is 12.1. The number of aromatic hydroxyl groups is 1. The summed E-state index contributed by atoms with van der Waals surface area (Å²) < 4.78 is 0. The van der Waals surface area contributed by atoms with Gasteiger partial charge in [-0.2, -0.15) is 0 Å². The first-order valence-electron chi connectivity index (χ1n) is 8.56. The smallest absolute Gasteiger partial charge is 0.166 e. The minimum absolute atomic E-state index is 0.00508. The van der Waals surface area contributed by atoms with Crippen molar-refractivity contribution >= 4 is 11.5 Å². The molecule has 1 aromatic carbocycles. The second kappa shape index (κ2) is 7.73. The standard InChI is InChI=1S/C22H30O3/c1-8-10-11-16(18(23)9-2)20(25)17-13-12-15(14-19(17)24)22(6,7)21(3,4)5/h8,10-14,24-25H,1,9H2,2-7H3/b11-10-,20-16?. The highest BCUT2D eigenvalue weighted by molar-refractivity contribution is 6.04. The Bertz CT molecular complexity index is 713. The van der Waals surface area contributed by atoms with Crippen LogP contribution in [-0.2, 0) is 10.2 Å². The van der Waals surface area contributed by atoms with Gasteiger partial charge < -0.3 is 10.2 Å². The molecule has 136 valence electrons. The van der Waals surface area contributed by atoms with Gasteiger partial charge in [0.2, 0.25) is 0 Å². The first-order valence-corrected chi connectivity index (χ1v) is 8.56. The second-order valence-electron chi connectivity index (χ2n) is 7.74. The van der Waals surface area contributed by atoms with Crippen LogP contribution in [0, 0.1) is 5.41 Å². The summed E-state index contributed by atoms with van der Waals surface area (Å²) >= 11 is 0. The fourth-order valence-electron chi connectivity index (χ4n) is 2.36. The maximum Gasteiger partial charge on any atom is 0.166 e. The Kier molecular flexibility index (Phi) is 6.42. The lowest BCUT2D eigenvalue weighted by Gasteiger charge is -2.39. The summed E-state index contributed by atoms with van der Waals surface area (Å²) in [7, 11) is 0. The molecule has 0 atom stereocenters. The first kappa shape index (κ1) is 20.8. The van der Waals surface area contributed by atoms with E-state index in [0.717, 1.165) is 5.56 Å². The summed E-state index contributed by atoms with van der Waals surface area (Å²) in [6, 6.07) is 5.22. The number of phenolic OH excluding ortho intramolecular Hbond substituents is 1. The largest absolute Gasteiger partial charge is 0.507 e. The Balaban J connectivity index is 3.49. The van der Waals surface area contributed by atoms with Crippen LogP contribution in [0.25, 0.3) is 5.76 Å². The van der Waals surface area contributed by atoms with Crippen molar-refractivity contribution in [2.75, 3.05) is 0 Å². The number of rotatable bonds is 6. The van der Waals surface area contributed by atoms with Crippen LogP contribution in [0.2, 0.25) is 0 Å². The molecule has 0 fully saturated rings. The summed E-state index contributed by atoms with van der Waals surface area (Å²) in [5.74, 6) is -0.461. The third-order valence-corrected chi connectivity index (χ3v) is 5.13. The molecular weight excluding hydrogens is 312 g/mol. The Hall–Kier alpha value is -2.29. The van der Waals surface area contributed by atoms with Crippen LogP contribution in [0.1, 0.15) is 59.1 Å². The Labute approximate surface area is 151 Å². The lowest BCUT2D eigenvalue weighted by Crippen LogP contribution is -2.33. The van der Waals surface area contributed by atoms with Gasteiger partial charge in [-0.05, 0) is 34.6 Å². The minimum Gasteiger partial charge on any atom is -0.507 e. The topological polar surface area (TPSA) is 57.5 Å². The highest BCUT2D eigenvalue weighted by Gasteiger charge is 2.34. The summed E-state index contributed by atoms with van der Waals surface area (Å²) in [4.78, 5) is 12.1. The van der Waals surface area contributed by atoms with Crippen molar-refractivity contribution < 1.29 is 15.0 Å². The highest BCUT2D eigenvalue weighted by Crippen LogP contribution is 2.42. The monoisotopic (exact) mass is 342 g/mol. The van der Waals surface area contributed by atoms with E-state index in [0.29, 0.717) is 0 Å². The second-order valence-corrected chi connectivity index (χ2v) is 7.74. The normalized spacial score (nSPS) is 13.7. The summed E-state index contributed by atoms with van der Waals surface area (Å²) in [5.41, 5.74) is 1.21. The highest BCUT2D eigenvalue weighted by atomic mass is 16.3. The van der Waals surface area contributed by atoms with E-state index >= 15 is 0 Å². The van der Waals surface area contributed by atoms with Gasteiger partial charge in [0.05, 0.1) is 11.1 Å². The average molecular weight is 342 g/mol. The van der Waals surface area contributed by atoms with Gasteiger partial charge in [0, 0.05) is 6.42 Å². The van der Waals surface area contributed by atoms with Crippen molar-refractivity contribution in [2.45, 2.75) is 53.4 Å². The number of hydrogen-bond acceptors (Lipinski definition) is 3. The fraction of sp³-hybridized carbons (Fsp3) is 0.409. The predicted molar refractivity (Wildman–Crippen MR) is 105 cm³/mol. The van der Waals surface area contributed by atoms with Gasteiger partial charge in [-0.25, -0.2) is 0 Å². The molecule has 0 aliphatic heterocycles. The molecule has 0 saturated heterocycles. The molecule has 25 heavy (non-hydrogen) atoms. The van der Waals surface area contributed by atoms with Crippen LogP contribution in [-0.4, -0.2) is 16.0 Å². The number of aliphatic hydroxyl groups is 1. The van der Waals surface area contributed by atoms with Crippen molar-refractivity contribution in [3.8, 4) is 5.75 Å². The van der Waals surface area contributed by atoms with Crippen LogP contribution in [0.15, 0.2) is 48.6 Å². The Morgan fingerprint density at radius 1 is 1.20 bits per heavy atom. The number of Topliss-reactive ketones (excluding diaryl/α,β-unsaturated/α-hetero) is 1. The van der Waals surface area contributed by atoms with E-state index in [1.807, 2.05) is 6.07 Å². The van der Waals surface area contributed by atoms with Crippen molar-refractivity contribution in [2.24, 2.45) is 5.41 Å². The fourth-order valence-corrected chi connectivity index (χ4v) is 2.36. The zero-order chi connectivity index (χ0) is 19.4. The van der Waals surface area contributed by atoms with E-state index in [-0.39, 0.29) is 45.7 Å². The third-order valence-electron chi connectivity index (χ3n) is 5.13. The van der Waals surface area contributed by atoms with E-state index in [9.17, 15) is 15.0 Å². The van der Waals surface area contributed by atoms with Gasteiger partial charge in [0.15, 0.2) is 5.78 Å². The summed E-state index contributed by atoms with van der Waals surface area (Å²) in [5, 5.41) is 21.0. The van der Waals surface area contributed by atoms with Crippen LogP contribution < -0.4 is 0 Å². The number of carbonyl (C=O) groups excluding carboxylic acids is 1. The van der Waals surface area contributed by atoms with Crippen molar-refractivity contribution in [1.29, 1.82) is 0 Å². The number of carbonyl (C=O) groups is 1. The average Bonchev–Trinajstić information content (AvgIpc) is 2.53. The van der Waals surface area contributed by atoms with Crippen molar-refractivity contribution in [3.63, 3.8) is 0 Å². The van der Waals surface area contributed by atoms with Crippen LogP contribution >= 0.6 is 0 Å². The number of phenols is 1. The van der Waals surface area contributed by atoms with Crippen LogP contribution in [0.4, 0.5) is 0 Å². The number of hydrogen-bond donors (Lipinski definition) is 2. The molecule has 0 aliphatic carbocycles. The minimum atomic E-state index is -0.220. The van der Waals surface area contributed by atoms with E-state index < -0.39 is 0 Å². The predicted octanol–water partition coefficient (Wildman–Crippen LogP) is 5.71. The van der Waals surface area contributed by atoms with Gasteiger partial charge in [-0.15, -0.1) is 0 Å². The number of aliphatic hydroxyl groups excluding tert-OH is 1. The lowest BCUT2D eigenvalue weighted by atomic mass is 9.65. The number of benzene rings is 1. The molecule has 0 saturated carbocycles. The molecule has 0 spiro atoms. The van der Waals surface area contributed by atoms with Gasteiger partial charge in [0.25, 0.3) is 0 Å². The molecule has 0 aliphatic rings. The van der Waals surface area contributed by atoms with Gasteiger partial charge in [-0.3, -0.25) is 4.79 Å². The van der Waals surface area contributed by atoms with Gasteiger partial charge in [0.1, 0.15) is 11.5 Å². The van der Waals surface area contributed by atoms with E-state index in [1.165, 1.54) is 12.2 Å². The summed E-state index contributed by atoms with van der Waals surface area (Å²) in [6.45, 7) is 16.0.